The van der Waals surface area contributed by atoms with Gasteiger partial charge in [0, 0.05) is 6.04 Å². The molecule has 2 nitrogen and oxygen atoms in total. The summed E-state index contributed by atoms with van der Waals surface area (Å²) >= 11 is 0. The van der Waals surface area contributed by atoms with E-state index in [0.29, 0.717) is 18.1 Å². The van der Waals surface area contributed by atoms with E-state index in [2.05, 4.69) is 20.8 Å². The maximum atomic E-state index is 6.14. The van der Waals surface area contributed by atoms with Crippen molar-refractivity contribution in [2.75, 3.05) is 6.61 Å². The number of nitrogens with two attached hydrogens (primary N) is 1. The van der Waals surface area contributed by atoms with E-state index >= 15 is 0 Å². The molecule has 0 heterocycles. The lowest BCUT2D eigenvalue weighted by Crippen LogP contribution is -2.39. The van der Waals surface area contributed by atoms with Crippen LogP contribution in [0.2, 0.25) is 0 Å². The van der Waals surface area contributed by atoms with Gasteiger partial charge in [0.1, 0.15) is 0 Å². The summed E-state index contributed by atoms with van der Waals surface area (Å²) in [5.41, 5.74) is 6.14. The molecule has 2 heteroatoms. The Morgan fingerprint density at radius 3 is 2.67 bits per heavy atom. The Morgan fingerprint density at radius 1 is 1.33 bits per heavy atom. The summed E-state index contributed by atoms with van der Waals surface area (Å²) in [4.78, 5) is 0. The number of ether oxygens (including phenoxy) is 1. The van der Waals surface area contributed by atoms with Crippen LogP contribution in [0, 0.1) is 11.8 Å². The van der Waals surface area contributed by atoms with E-state index in [1.807, 2.05) is 0 Å². The van der Waals surface area contributed by atoms with Crippen LogP contribution in [-0.2, 0) is 4.74 Å². The first-order chi connectivity index (χ1) is 7.13. The molecule has 0 aromatic rings. The summed E-state index contributed by atoms with van der Waals surface area (Å²) in [6, 6.07) is 0.372. The van der Waals surface area contributed by atoms with Gasteiger partial charge in [-0.1, -0.05) is 19.8 Å². The molecule has 15 heavy (non-hydrogen) atoms. The topological polar surface area (TPSA) is 35.2 Å². The largest absolute Gasteiger partial charge is 0.378 e. The Labute approximate surface area is 94.6 Å². The van der Waals surface area contributed by atoms with E-state index in [4.69, 9.17) is 10.5 Å². The average molecular weight is 213 g/mol. The molecule has 0 aliphatic heterocycles. The van der Waals surface area contributed by atoms with Gasteiger partial charge in [-0.15, -0.1) is 0 Å². The Hall–Kier alpha value is -0.0800. The minimum Gasteiger partial charge on any atom is -0.378 e. The van der Waals surface area contributed by atoms with Crippen molar-refractivity contribution in [3.05, 3.63) is 0 Å². The third kappa shape index (κ3) is 4.52. The fourth-order valence-electron chi connectivity index (χ4n) is 2.56. The zero-order valence-corrected chi connectivity index (χ0v) is 10.5. The zero-order valence-electron chi connectivity index (χ0n) is 10.5. The Bertz CT molecular complexity index is 170. The molecular formula is C13H27NO. The van der Waals surface area contributed by atoms with Gasteiger partial charge in [-0.3, -0.25) is 0 Å². The lowest BCUT2D eigenvalue weighted by atomic mass is 9.77. The first kappa shape index (κ1) is 13.0. The average Bonchev–Trinajstić information content (AvgIpc) is 2.19. The molecule has 0 amide bonds. The minimum absolute atomic E-state index is 0.337. The SMILES string of the molecule is CCCC1CCC(N)C(COC(C)C)C1. The number of rotatable bonds is 5. The van der Waals surface area contributed by atoms with Gasteiger partial charge in [-0.2, -0.15) is 0 Å². The monoisotopic (exact) mass is 213 g/mol. The lowest BCUT2D eigenvalue weighted by Gasteiger charge is -2.34. The van der Waals surface area contributed by atoms with Crippen LogP contribution in [-0.4, -0.2) is 18.8 Å². The van der Waals surface area contributed by atoms with Crippen molar-refractivity contribution in [3.63, 3.8) is 0 Å². The summed E-state index contributed by atoms with van der Waals surface area (Å²) in [6.07, 6.45) is 6.80. The maximum absolute atomic E-state index is 6.14. The molecule has 0 aromatic carbocycles. The molecule has 2 N–H and O–H groups in total. The summed E-state index contributed by atoms with van der Waals surface area (Å²) in [7, 11) is 0. The molecule has 0 aromatic heterocycles. The van der Waals surface area contributed by atoms with Crippen LogP contribution in [0.5, 0.6) is 0 Å². The van der Waals surface area contributed by atoms with Crippen LogP contribution in [0.3, 0.4) is 0 Å². The molecule has 1 rings (SSSR count). The van der Waals surface area contributed by atoms with Crippen LogP contribution < -0.4 is 5.73 Å². The standard InChI is InChI=1S/C13H27NO/c1-4-5-11-6-7-13(14)12(8-11)9-15-10(2)3/h10-13H,4-9,14H2,1-3H3. The third-order valence-electron chi connectivity index (χ3n) is 3.49. The molecule has 0 bridgehead atoms. The van der Waals surface area contributed by atoms with E-state index in [-0.39, 0.29) is 0 Å². The zero-order chi connectivity index (χ0) is 11.3. The summed E-state index contributed by atoms with van der Waals surface area (Å²) in [5.74, 6) is 1.49. The fraction of sp³-hybridized carbons (Fsp3) is 1.00. The quantitative estimate of drug-likeness (QED) is 0.762. The van der Waals surface area contributed by atoms with E-state index in [9.17, 15) is 0 Å². The minimum atomic E-state index is 0.337. The second-order valence-electron chi connectivity index (χ2n) is 5.27. The molecule has 3 atom stereocenters. The van der Waals surface area contributed by atoms with Crippen LogP contribution in [0.15, 0.2) is 0 Å². The van der Waals surface area contributed by atoms with Gasteiger partial charge < -0.3 is 10.5 Å². The van der Waals surface area contributed by atoms with Crippen LogP contribution in [0.25, 0.3) is 0 Å². The van der Waals surface area contributed by atoms with Gasteiger partial charge in [0.15, 0.2) is 0 Å². The van der Waals surface area contributed by atoms with Crippen LogP contribution >= 0.6 is 0 Å². The van der Waals surface area contributed by atoms with Gasteiger partial charge in [-0.25, -0.2) is 0 Å². The Kier molecular flexibility index (Phi) is 5.62. The smallest absolute Gasteiger partial charge is 0.0519 e. The maximum Gasteiger partial charge on any atom is 0.0519 e. The summed E-state index contributed by atoms with van der Waals surface area (Å²) in [6.45, 7) is 7.32. The van der Waals surface area contributed by atoms with Crippen molar-refractivity contribution in [1.82, 2.24) is 0 Å². The highest BCUT2D eigenvalue weighted by atomic mass is 16.5. The van der Waals surface area contributed by atoms with Crippen molar-refractivity contribution < 1.29 is 4.74 Å². The second kappa shape index (κ2) is 6.49. The first-order valence-corrected chi connectivity index (χ1v) is 6.50. The van der Waals surface area contributed by atoms with Crippen LogP contribution in [0.1, 0.15) is 52.9 Å². The normalized spacial score (nSPS) is 32.2. The number of hydrogen-bond acceptors (Lipinski definition) is 2. The molecule has 0 radical (unpaired) electrons. The molecule has 90 valence electrons. The van der Waals surface area contributed by atoms with Crippen molar-refractivity contribution >= 4 is 0 Å². The highest BCUT2D eigenvalue weighted by Gasteiger charge is 2.27. The lowest BCUT2D eigenvalue weighted by molar-refractivity contribution is 0.0266. The molecule has 0 spiro atoms. The van der Waals surface area contributed by atoms with Gasteiger partial charge in [-0.05, 0) is 44.9 Å². The van der Waals surface area contributed by atoms with Crippen molar-refractivity contribution in [3.8, 4) is 0 Å². The van der Waals surface area contributed by atoms with Crippen molar-refractivity contribution in [2.45, 2.75) is 65.0 Å². The molecule has 1 fully saturated rings. The molecule has 0 saturated heterocycles. The first-order valence-electron chi connectivity index (χ1n) is 6.50. The molecular weight excluding hydrogens is 186 g/mol. The number of hydrogen-bond donors (Lipinski definition) is 1. The fourth-order valence-corrected chi connectivity index (χ4v) is 2.56. The summed E-state index contributed by atoms with van der Waals surface area (Å²) < 4.78 is 5.70. The van der Waals surface area contributed by atoms with Gasteiger partial charge in [0.05, 0.1) is 12.7 Å². The van der Waals surface area contributed by atoms with Gasteiger partial charge in [0.25, 0.3) is 0 Å². The van der Waals surface area contributed by atoms with E-state index in [1.54, 1.807) is 0 Å². The molecule has 1 aliphatic carbocycles. The summed E-state index contributed by atoms with van der Waals surface area (Å²) in [5, 5.41) is 0. The predicted octanol–water partition coefficient (Wildman–Crippen LogP) is 2.96. The van der Waals surface area contributed by atoms with Gasteiger partial charge >= 0.3 is 0 Å². The Morgan fingerprint density at radius 2 is 2.07 bits per heavy atom. The van der Waals surface area contributed by atoms with Gasteiger partial charge in [0.2, 0.25) is 0 Å². The second-order valence-corrected chi connectivity index (χ2v) is 5.27. The molecule has 1 aliphatic rings. The predicted molar refractivity (Wildman–Crippen MR) is 64.8 cm³/mol. The van der Waals surface area contributed by atoms with Crippen molar-refractivity contribution in [2.24, 2.45) is 17.6 Å². The molecule has 1 saturated carbocycles. The molecule has 3 unspecified atom stereocenters. The highest BCUT2D eigenvalue weighted by molar-refractivity contribution is 4.82. The third-order valence-corrected chi connectivity index (χ3v) is 3.49. The van der Waals surface area contributed by atoms with E-state index in [0.717, 1.165) is 12.5 Å². The van der Waals surface area contributed by atoms with E-state index < -0.39 is 0 Å². The Balaban J connectivity index is 2.32. The van der Waals surface area contributed by atoms with E-state index in [1.165, 1.54) is 32.1 Å². The van der Waals surface area contributed by atoms with Crippen molar-refractivity contribution in [1.29, 1.82) is 0 Å². The highest BCUT2D eigenvalue weighted by Crippen LogP contribution is 2.31. The van der Waals surface area contributed by atoms with Crippen LogP contribution in [0.4, 0.5) is 0 Å².